The van der Waals surface area contributed by atoms with Crippen LogP contribution in [0.4, 0.5) is 5.82 Å². The van der Waals surface area contributed by atoms with Crippen molar-refractivity contribution in [2.24, 2.45) is 0 Å². The third kappa shape index (κ3) is 3.65. The van der Waals surface area contributed by atoms with Crippen LogP contribution in [0.1, 0.15) is 25.7 Å². The first-order chi connectivity index (χ1) is 9.56. The minimum Gasteiger partial charge on any atom is -0.373 e. The zero-order valence-electron chi connectivity index (χ0n) is 11.8. The molecule has 0 bridgehead atoms. The molecule has 1 fully saturated rings. The number of hydrogen-bond acceptors (Lipinski definition) is 5. The Balaban J connectivity index is 2.17. The Morgan fingerprint density at radius 3 is 2.80 bits per heavy atom. The lowest BCUT2D eigenvalue weighted by Crippen LogP contribution is -2.43. The van der Waals surface area contributed by atoms with Crippen LogP contribution in [0.25, 0.3) is 0 Å². The maximum Gasteiger partial charge on any atom is 0.241 e. The van der Waals surface area contributed by atoms with Crippen LogP contribution in [0.15, 0.2) is 23.2 Å². The highest BCUT2D eigenvalue weighted by molar-refractivity contribution is 7.99. The van der Waals surface area contributed by atoms with Crippen molar-refractivity contribution in [1.29, 1.82) is 0 Å². The number of anilines is 1. The number of pyridine rings is 1. The van der Waals surface area contributed by atoms with Crippen LogP contribution in [-0.4, -0.2) is 38.0 Å². The lowest BCUT2D eigenvalue weighted by molar-refractivity contribution is 0.423. The van der Waals surface area contributed by atoms with Crippen molar-refractivity contribution in [3.8, 4) is 0 Å². The van der Waals surface area contributed by atoms with Crippen molar-refractivity contribution in [3.63, 3.8) is 0 Å². The molecule has 0 amide bonds. The highest BCUT2D eigenvalue weighted by Gasteiger charge is 2.29. The number of thioether (sulfide) groups is 1. The zero-order valence-corrected chi connectivity index (χ0v) is 13.4. The van der Waals surface area contributed by atoms with Crippen molar-refractivity contribution >= 4 is 27.6 Å². The second kappa shape index (κ2) is 6.78. The first kappa shape index (κ1) is 15.6. The lowest BCUT2D eigenvalue weighted by Gasteiger charge is -2.30. The number of nitrogens with one attached hydrogen (secondary N) is 2. The minimum absolute atomic E-state index is 0.0231. The molecule has 1 saturated carbocycles. The molecule has 0 aromatic carbocycles. The standard InChI is InChI=1S/C13H21N3O2S2/c1-14-13-9-10(7-8-15-13)20(17,18)16-11-5-3-4-6-12(11)19-2/h7-9,11-12,16H,3-6H2,1-2H3,(H,14,15). The molecule has 0 spiro atoms. The van der Waals surface area contributed by atoms with E-state index < -0.39 is 10.0 Å². The normalized spacial score (nSPS) is 23.5. The molecule has 5 nitrogen and oxygen atoms in total. The molecule has 1 aromatic heterocycles. The van der Waals surface area contributed by atoms with E-state index >= 15 is 0 Å². The Kier molecular flexibility index (Phi) is 5.29. The summed E-state index contributed by atoms with van der Waals surface area (Å²) < 4.78 is 27.8. The Morgan fingerprint density at radius 1 is 1.35 bits per heavy atom. The first-order valence-electron chi connectivity index (χ1n) is 6.76. The van der Waals surface area contributed by atoms with Gasteiger partial charge < -0.3 is 5.32 Å². The van der Waals surface area contributed by atoms with Gasteiger partial charge in [0.15, 0.2) is 0 Å². The monoisotopic (exact) mass is 315 g/mol. The quantitative estimate of drug-likeness (QED) is 0.870. The molecule has 2 atom stereocenters. The lowest BCUT2D eigenvalue weighted by atomic mass is 9.96. The fraction of sp³-hybridized carbons (Fsp3) is 0.615. The largest absolute Gasteiger partial charge is 0.373 e. The average Bonchev–Trinajstić information content (AvgIpc) is 2.47. The van der Waals surface area contributed by atoms with Crippen molar-refractivity contribution < 1.29 is 8.42 Å². The van der Waals surface area contributed by atoms with Crippen molar-refractivity contribution in [2.45, 2.75) is 41.9 Å². The molecule has 0 aliphatic heterocycles. The fourth-order valence-electron chi connectivity index (χ4n) is 2.50. The number of aromatic nitrogens is 1. The summed E-state index contributed by atoms with van der Waals surface area (Å²) in [6.07, 6.45) is 7.81. The van der Waals surface area contributed by atoms with Gasteiger partial charge in [-0.25, -0.2) is 18.1 Å². The van der Waals surface area contributed by atoms with E-state index in [0.717, 1.165) is 19.3 Å². The van der Waals surface area contributed by atoms with Crippen molar-refractivity contribution in [3.05, 3.63) is 18.3 Å². The van der Waals surface area contributed by atoms with E-state index in [2.05, 4.69) is 15.0 Å². The average molecular weight is 315 g/mol. The van der Waals surface area contributed by atoms with Gasteiger partial charge in [0.1, 0.15) is 5.82 Å². The SMILES string of the molecule is CNc1cc(S(=O)(=O)NC2CCCCC2SC)ccn1. The maximum atomic E-state index is 12.5. The Morgan fingerprint density at radius 2 is 2.10 bits per heavy atom. The van der Waals surface area contributed by atoms with Crippen LogP contribution in [-0.2, 0) is 10.0 Å². The van der Waals surface area contributed by atoms with Crippen LogP contribution >= 0.6 is 11.8 Å². The fourth-order valence-corrected chi connectivity index (χ4v) is 4.84. The Hall–Kier alpha value is -0.790. The molecule has 1 aliphatic rings. The summed E-state index contributed by atoms with van der Waals surface area (Å²) in [5.74, 6) is 0.554. The first-order valence-corrected chi connectivity index (χ1v) is 9.53. The number of sulfonamides is 1. The van der Waals surface area contributed by atoms with Crippen LogP contribution in [0.3, 0.4) is 0 Å². The Labute approximate surface area is 125 Å². The van der Waals surface area contributed by atoms with Crippen LogP contribution in [0.2, 0.25) is 0 Å². The highest BCUT2D eigenvalue weighted by Crippen LogP contribution is 2.28. The number of rotatable bonds is 5. The molecule has 112 valence electrons. The molecular formula is C13H21N3O2S2. The summed E-state index contributed by atoms with van der Waals surface area (Å²) in [6.45, 7) is 0. The van der Waals surface area contributed by atoms with E-state index in [4.69, 9.17) is 0 Å². The van der Waals surface area contributed by atoms with E-state index in [1.54, 1.807) is 24.9 Å². The van der Waals surface area contributed by atoms with Crippen molar-refractivity contribution in [1.82, 2.24) is 9.71 Å². The molecule has 2 rings (SSSR count). The molecule has 2 unspecified atom stereocenters. The highest BCUT2D eigenvalue weighted by atomic mass is 32.2. The van der Waals surface area contributed by atoms with E-state index in [0.29, 0.717) is 11.1 Å². The molecular weight excluding hydrogens is 294 g/mol. The zero-order chi connectivity index (χ0) is 14.6. The van der Waals surface area contributed by atoms with Crippen LogP contribution in [0.5, 0.6) is 0 Å². The molecule has 2 N–H and O–H groups in total. The smallest absolute Gasteiger partial charge is 0.241 e. The summed E-state index contributed by atoms with van der Waals surface area (Å²) in [5, 5.41) is 3.22. The molecule has 20 heavy (non-hydrogen) atoms. The molecule has 7 heteroatoms. The summed E-state index contributed by atoms with van der Waals surface area (Å²) in [5.41, 5.74) is 0. The molecule has 1 heterocycles. The molecule has 0 saturated heterocycles. The third-order valence-corrected chi connectivity index (χ3v) is 6.27. The van der Waals surface area contributed by atoms with E-state index in [9.17, 15) is 8.42 Å². The van der Waals surface area contributed by atoms with Gasteiger partial charge in [-0.3, -0.25) is 0 Å². The second-order valence-electron chi connectivity index (χ2n) is 4.91. The number of hydrogen-bond donors (Lipinski definition) is 2. The van der Waals surface area contributed by atoms with E-state index in [1.165, 1.54) is 18.7 Å². The van der Waals surface area contributed by atoms with Gasteiger partial charge in [-0.1, -0.05) is 12.8 Å². The van der Waals surface area contributed by atoms with E-state index in [1.807, 2.05) is 6.26 Å². The summed E-state index contributed by atoms with van der Waals surface area (Å²) >= 11 is 1.75. The van der Waals surface area contributed by atoms with Gasteiger partial charge in [-0.05, 0) is 25.2 Å². The molecule has 1 aromatic rings. The van der Waals surface area contributed by atoms with Gasteiger partial charge in [-0.15, -0.1) is 0 Å². The van der Waals surface area contributed by atoms with Gasteiger partial charge >= 0.3 is 0 Å². The summed E-state index contributed by atoms with van der Waals surface area (Å²) in [7, 11) is -1.76. The van der Waals surface area contributed by atoms with Gasteiger partial charge in [0.2, 0.25) is 10.0 Å². The Bertz CT molecular complexity index is 548. The van der Waals surface area contributed by atoms with Gasteiger partial charge in [0, 0.05) is 30.6 Å². The third-order valence-electron chi connectivity index (χ3n) is 3.61. The van der Waals surface area contributed by atoms with Gasteiger partial charge in [0.05, 0.1) is 4.90 Å². The summed E-state index contributed by atoms with van der Waals surface area (Å²) in [4.78, 5) is 4.31. The van der Waals surface area contributed by atoms with Gasteiger partial charge in [-0.2, -0.15) is 11.8 Å². The maximum absolute atomic E-state index is 12.5. The predicted octanol–water partition coefficient (Wildman–Crippen LogP) is 2.08. The van der Waals surface area contributed by atoms with E-state index in [-0.39, 0.29) is 10.9 Å². The van der Waals surface area contributed by atoms with Gasteiger partial charge in [0.25, 0.3) is 0 Å². The van der Waals surface area contributed by atoms with Crippen molar-refractivity contribution in [2.75, 3.05) is 18.6 Å². The van der Waals surface area contributed by atoms with Crippen LogP contribution in [0, 0.1) is 0 Å². The summed E-state index contributed by atoms with van der Waals surface area (Å²) in [6, 6.07) is 3.11. The second-order valence-corrected chi connectivity index (χ2v) is 7.70. The topological polar surface area (TPSA) is 71.1 Å². The number of nitrogens with zero attached hydrogens (tertiary/aromatic N) is 1. The molecule has 1 aliphatic carbocycles. The molecule has 0 radical (unpaired) electrons. The predicted molar refractivity (Wildman–Crippen MR) is 83.7 cm³/mol. The van der Waals surface area contributed by atoms with Crippen LogP contribution < -0.4 is 10.0 Å². The minimum atomic E-state index is -3.48.